The Hall–Kier alpha value is -6.32. The number of nitrogens with zero attached hydrogens (tertiary/aromatic N) is 6. The number of ether oxygens (including phenoxy) is 2. The first-order valence-corrected chi connectivity index (χ1v) is 23.3. The third-order valence-electron chi connectivity index (χ3n) is 14.1. The molecular weight excluding hydrogens is 825 g/mol. The lowest BCUT2D eigenvalue weighted by molar-refractivity contribution is -0.136. The van der Waals surface area contributed by atoms with Crippen LogP contribution in [-0.4, -0.2) is 103 Å². The maximum Gasteiger partial charge on any atom is 0.407 e. The fourth-order valence-electron chi connectivity index (χ4n) is 10.8. The smallest absolute Gasteiger partial charge is 0.407 e. The average Bonchev–Trinajstić information content (AvgIpc) is 4.16. The minimum Gasteiger partial charge on any atom is -0.453 e. The molecule has 4 N–H and O–H groups in total. The highest BCUT2D eigenvalue weighted by Gasteiger charge is 2.40. The fraction of sp³-hybridized carbons (Fsp3) is 0.510. The Labute approximate surface area is 379 Å². The molecule has 2 aromatic carbocycles. The van der Waals surface area contributed by atoms with Crippen LogP contribution in [0.1, 0.15) is 120 Å². The van der Waals surface area contributed by atoms with Crippen molar-refractivity contribution in [3.05, 3.63) is 71.4 Å². The molecule has 5 aromatic rings. The summed E-state index contributed by atoms with van der Waals surface area (Å²) >= 11 is 0. The van der Waals surface area contributed by atoms with E-state index in [0.29, 0.717) is 24.9 Å². The molecule has 5 heterocycles. The van der Waals surface area contributed by atoms with Crippen LogP contribution < -0.4 is 10.6 Å². The van der Waals surface area contributed by atoms with Crippen LogP contribution in [0, 0.1) is 17.8 Å². The van der Waals surface area contributed by atoms with Crippen molar-refractivity contribution in [1.29, 1.82) is 0 Å². The topological polar surface area (TPSA) is 200 Å². The van der Waals surface area contributed by atoms with Crippen molar-refractivity contribution >= 4 is 35.0 Å². The van der Waals surface area contributed by atoms with Gasteiger partial charge in [0.2, 0.25) is 11.8 Å². The largest absolute Gasteiger partial charge is 0.453 e. The normalized spacial score (nSPS) is 21.4. The zero-order chi connectivity index (χ0) is 45.5. The molecule has 1 saturated carbocycles. The highest BCUT2D eigenvalue weighted by atomic mass is 16.5. The van der Waals surface area contributed by atoms with Gasteiger partial charge in [0.05, 0.1) is 60.6 Å². The molecule has 342 valence electrons. The highest BCUT2D eigenvalue weighted by molar-refractivity contribution is 5.88. The Morgan fingerprint density at radius 3 is 1.94 bits per heavy atom. The number of alkyl carbamates (subject to hydrolysis) is 2. The first-order valence-electron chi connectivity index (χ1n) is 23.3. The van der Waals surface area contributed by atoms with Crippen molar-refractivity contribution in [2.45, 2.75) is 116 Å². The standard InChI is InChI=1S/C49H60N10O6/c1-26(2)40(54-48(62)64-5)46(60)58-20-8-12-37(58)44-50-25-36(53-44)29-14-16-30(17-15-29)42-33-23-28-10-7-11-31(22-28)39(33)43(57-56-42)32-18-19-34-35(24-32)52-45(51-34)38-13-9-21-59(38)47(61)41(27(3)4)55-49(63)65-6/h14-19,24-28,31,37-38,40-41H,7-13,20-23H2,1-6H3,(H,50,53)(H,51,52)(H,54,62)(H,55,63)/t28?,31?,37-,38-,40-,41-/m0/s1. The summed E-state index contributed by atoms with van der Waals surface area (Å²) in [6.45, 7) is 8.82. The van der Waals surface area contributed by atoms with Crippen LogP contribution in [0.4, 0.5) is 9.59 Å². The van der Waals surface area contributed by atoms with Gasteiger partial charge in [-0.25, -0.2) is 19.6 Å². The lowest BCUT2D eigenvalue weighted by atomic mass is 9.68. The lowest BCUT2D eigenvalue weighted by Gasteiger charge is -2.37. The van der Waals surface area contributed by atoms with E-state index < -0.39 is 24.3 Å². The summed E-state index contributed by atoms with van der Waals surface area (Å²) in [6.07, 6.45) is 9.47. The molecule has 2 saturated heterocycles. The van der Waals surface area contributed by atoms with Gasteiger partial charge in [-0.15, -0.1) is 10.2 Å². The maximum atomic E-state index is 13.8. The number of hydrogen-bond acceptors (Lipinski definition) is 10. The minimum absolute atomic E-state index is 0.113. The van der Waals surface area contributed by atoms with Gasteiger partial charge in [0.25, 0.3) is 0 Å². The van der Waals surface area contributed by atoms with Gasteiger partial charge in [0.1, 0.15) is 23.7 Å². The highest BCUT2D eigenvalue weighted by Crippen LogP contribution is 2.49. The second-order valence-corrected chi connectivity index (χ2v) is 18.9. The molecule has 2 unspecified atom stereocenters. The van der Waals surface area contributed by atoms with E-state index in [-0.39, 0.29) is 35.7 Å². The molecule has 9 rings (SSSR count). The summed E-state index contributed by atoms with van der Waals surface area (Å²) in [4.78, 5) is 72.2. The van der Waals surface area contributed by atoms with E-state index in [1.807, 2.05) is 49.8 Å². The van der Waals surface area contributed by atoms with E-state index in [1.54, 1.807) is 0 Å². The van der Waals surface area contributed by atoms with Crippen molar-refractivity contribution in [3.63, 3.8) is 0 Å². The van der Waals surface area contributed by atoms with E-state index in [9.17, 15) is 19.2 Å². The molecular formula is C49H60N10O6. The van der Waals surface area contributed by atoms with Crippen LogP contribution in [0.3, 0.4) is 0 Å². The fourth-order valence-corrected chi connectivity index (χ4v) is 10.8. The minimum atomic E-state index is -0.703. The third-order valence-corrected chi connectivity index (χ3v) is 14.1. The zero-order valence-electron chi connectivity index (χ0n) is 38.1. The van der Waals surface area contributed by atoms with E-state index >= 15 is 0 Å². The molecule has 16 heteroatoms. The molecule has 3 fully saturated rings. The van der Waals surface area contributed by atoms with Crippen LogP contribution in [-0.2, 0) is 25.5 Å². The predicted molar refractivity (Wildman–Crippen MR) is 244 cm³/mol. The van der Waals surface area contributed by atoms with Crippen molar-refractivity contribution < 1.29 is 28.7 Å². The van der Waals surface area contributed by atoms with Gasteiger partial charge in [0.15, 0.2) is 0 Å². The molecule has 6 atom stereocenters. The number of likely N-dealkylation sites (tertiary alicyclic amines) is 2. The van der Waals surface area contributed by atoms with Gasteiger partial charge in [-0.1, -0.05) is 70.9 Å². The zero-order valence-corrected chi connectivity index (χ0v) is 38.1. The van der Waals surface area contributed by atoms with Crippen LogP contribution in [0.25, 0.3) is 44.8 Å². The summed E-state index contributed by atoms with van der Waals surface area (Å²) in [5.41, 5.74) is 9.95. The number of carbonyl (C=O) groups excluding carboxylic acids is 4. The molecule has 2 aliphatic carbocycles. The maximum absolute atomic E-state index is 13.8. The van der Waals surface area contributed by atoms with Crippen molar-refractivity contribution in [1.82, 2.24) is 50.6 Å². The van der Waals surface area contributed by atoms with Gasteiger partial charge in [-0.05, 0) is 97.4 Å². The number of aromatic nitrogens is 6. The lowest BCUT2D eigenvalue weighted by Crippen LogP contribution is -2.51. The Bertz CT molecular complexity index is 2590. The summed E-state index contributed by atoms with van der Waals surface area (Å²) in [5, 5.41) is 15.4. The second-order valence-electron chi connectivity index (χ2n) is 18.9. The van der Waals surface area contributed by atoms with E-state index in [2.05, 4.69) is 57.0 Å². The first kappa shape index (κ1) is 43.9. The van der Waals surface area contributed by atoms with Crippen LogP contribution in [0.2, 0.25) is 0 Å². The molecule has 0 spiro atoms. The second kappa shape index (κ2) is 18.3. The molecule has 2 aliphatic heterocycles. The number of imidazole rings is 2. The number of rotatable bonds is 11. The van der Waals surface area contributed by atoms with Gasteiger partial charge in [-0.2, -0.15) is 0 Å². The summed E-state index contributed by atoms with van der Waals surface area (Å²) in [5.74, 6) is 1.96. The van der Waals surface area contributed by atoms with Gasteiger partial charge in [-0.3, -0.25) is 9.59 Å². The SMILES string of the molecule is COC(=O)N[C@H](C(=O)N1CCC[C@H]1c1ncc(-c2ccc(-c3nnc(-c4ccc5nc([C@@H]6CCCN6C(=O)[C@@H](NC(=O)OC)C(C)C)[nH]c5c4)c4c3CC3CCCC4C3)cc2)[nH]1)C(C)C. The number of carbonyl (C=O) groups is 4. The quantitative estimate of drug-likeness (QED) is 0.101. The molecule has 65 heavy (non-hydrogen) atoms. The number of aromatic amines is 2. The molecule has 3 aromatic heterocycles. The molecule has 0 radical (unpaired) electrons. The van der Waals surface area contributed by atoms with Crippen LogP contribution >= 0.6 is 0 Å². The Kier molecular flexibility index (Phi) is 12.3. The Morgan fingerprint density at radius 2 is 1.31 bits per heavy atom. The van der Waals surface area contributed by atoms with Crippen molar-refractivity contribution in [2.75, 3.05) is 27.3 Å². The molecule has 2 bridgehead atoms. The van der Waals surface area contributed by atoms with Crippen molar-refractivity contribution in [2.24, 2.45) is 17.8 Å². The van der Waals surface area contributed by atoms with E-state index in [0.717, 1.165) is 101 Å². The number of amides is 4. The molecule has 16 nitrogen and oxygen atoms in total. The Morgan fingerprint density at radius 1 is 0.708 bits per heavy atom. The van der Waals surface area contributed by atoms with Crippen molar-refractivity contribution in [3.8, 4) is 33.8 Å². The van der Waals surface area contributed by atoms with Gasteiger partial charge >= 0.3 is 12.2 Å². The number of benzene rings is 2. The number of H-pyrrole nitrogens is 2. The van der Waals surface area contributed by atoms with Gasteiger partial charge in [0, 0.05) is 24.2 Å². The first-order chi connectivity index (χ1) is 31.4. The number of fused-ring (bicyclic) bond motifs is 5. The monoisotopic (exact) mass is 884 g/mol. The molecule has 4 aliphatic rings. The van der Waals surface area contributed by atoms with Gasteiger partial charge < -0.3 is 39.9 Å². The van der Waals surface area contributed by atoms with E-state index in [1.165, 1.54) is 38.2 Å². The number of methoxy groups -OCH3 is 2. The third kappa shape index (κ3) is 8.54. The van der Waals surface area contributed by atoms with E-state index in [4.69, 9.17) is 29.6 Å². The number of hydrogen-bond donors (Lipinski definition) is 4. The predicted octanol–water partition coefficient (Wildman–Crippen LogP) is 8.00. The Balaban J connectivity index is 0.971. The summed E-state index contributed by atoms with van der Waals surface area (Å²) < 4.78 is 9.61. The average molecular weight is 885 g/mol. The van der Waals surface area contributed by atoms with Crippen LogP contribution in [0.15, 0.2) is 48.7 Å². The number of nitrogens with one attached hydrogen (secondary N) is 4. The summed E-state index contributed by atoms with van der Waals surface area (Å²) in [6, 6.07) is 12.8. The molecule has 4 amide bonds. The summed E-state index contributed by atoms with van der Waals surface area (Å²) in [7, 11) is 2.60. The van der Waals surface area contributed by atoms with Crippen LogP contribution in [0.5, 0.6) is 0 Å².